The lowest BCUT2D eigenvalue weighted by molar-refractivity contribution is -0.147. The van der Waals surface area contributed by atoms with Crippen LogP contribution in [0.5, 0.6) is 11.5 Å². The number of hydrogen-bond donors (Lipinski definition) is 13. The van der Waals surface area contributed by atoms with Crippen molar-refractivity contribution >= 4 is 105 Å². The van der Waals surface area contributed by atoms with Gasteiger partial charge in [0.1, 0.15) is 76.4 Å². The summed E-state index contributed by atoms with van der Waals surface area (Å²) in [5.41, 5.74) is 0.718. The number of alkyl carbamates (subject to hydrolysis) is 2. The molecular formula is C83H124N14O21. The number of piperidine rings is 4. The molecule has 0 bridgehead atoms. The van der Waals surface area contributed by atoms with Gasteiger partial charge in [-0.05, 0) is 192 Å². The number of aromatic amines is 2. The molecule has 35 nitrogen and oxygen atoms in total. The van der Waals surface area contributed by atoms with Crippen LogP contribution in [0.25, 0.3) is 21.8 Å². The van der Waals surface area contributed by atoms with Crippen LogP contribution in [0, 0.1) is 52.8 Å². The van der Waals surface area contributed by atoms with Gasteiger partial charge in [-0.25, -0.2) is 24.0 Å². The number of hydrogen-bond acceptors (Lipinski definition) is 22. The molecule has 4 aromatic rings. The first-order valence-corrected chi connectivity index (χ1v) is 40.3. The van der Waals surface area contributed by atoms with E-state index in [-0.39, 0.29) is 90.5 Å². The van der Waals surface area contributed by atoms with Crippen LogP contribution in [0.2, 0.25) is 0 Å². The van der Waals surface area contributed by atoms with Crippen LogP contribution in [0.3, 0.4) is 0 Å². The Hall–Kier alpha value is -11.2. The van der Waals surface area contributed by atoms with E-state index >= 15 is 0 Å². The van der Waals surface area contributed by atoms with Gasteiger partial charge in [0.25, 0.3) is 11.8 Å². The summed E-state index contributed by atoms with van der Waals surface area (Å²) in [6, 6.07) is 10.1. The van der Waals surface area contributed by atoms with Crippen molar-refractivity contribution in [1.82, 2.24) is 68.5 Å². The van der Waals surface area contributed by atoms with E-state index in [0.717, 1.165) is 47.5 Å². The van der Waals surface area contributed by atoms with E-state index in [0.29, 0.717) is 88.3 Å². The summed E-state index contributed by atoms with van der Waals surface area (Å²) >= 11 is 0. The van der Waals surface area contributed by atoms with E-state index in [4.69, 9.17) is 28.4 Å². The number of nitriles is 1. The number of carbonyl (C=O) groups excluding carboxylic acids is 14. The zero-order valence-electron chi connectivity index (χ0n) is 71.2. The molecule has 2 aromatic heterocycles. The van der Waals surface area contributed by atoms with E-state index in [9.17, 15) is 72.4 Å². The Labute approximate surface area is 689 Å². The van der Waals surface area contributed by atoms with Crippen LogP contribution < -0.4 is 68.0 Å². The molecule has 4 aliphatic heterocycles. The van der Waals surface area contributed by atoms with Gasteiger partial charge in [0.15, 0.2) is 0 Å². The molecule has 652 valence electrons. The number of benzene rings is 2. The van der Waals surface area contributed by atoms with Gasteiger partial charge in [0.2, 0.25) is 41.4 Å². The molecule has 0 unspecified atom stereocenters. The molecule has 13 N–H and O–H groups in total. The second-order valence-corrected chi connectivity index (χ2v) is 32.9. The van der Waals surface area contributed by atoms with Gasteiger partial charge in [0.05, 0.1) is 41.6 Å². The minimum absolute atomic E-state index is 0.0861. The third-order valence-electron chi connectivity index (χ3n) is 19.5. The predicted molar refractivity (Wildman–Crippen MR) is 436 cm³/mol. The van der Waals surface area contributed by atoms with Crippen molar-refractivity contribution in [2.24, 2.45) is 41.4 Å². The molecule has 0 spiro atoms. The fourth-order valence-corrected chi connectivity index (χ4v) is 13.7. The van der Waals surface area contributed by atoms with E-state index < -0.39 is 119 Å². The molecule has 35 heteroatoms. The number of amides is 11. The number of carbonyl (C=O) groups is 14. The lowest BCUT2D eigenvalue weighted by Crippen LogP contribution is -2.54. The fourth-order valence-electron chi connectivity index (χ4n) is 13.7. The first-order valence-electron chi connectivity index (χ1n) is 40.3. The Morgan fingerprint density at radius 2 is 0.720 bits per heavy atom. The van der Waals surface area contributed by atoms with E-state index in [1.807, 2.05) is 71.9 Å². The maximum absolute atomic E-state index is 13.2. The number of rotatable bonds is 31. The van der Waals surface area contributed by atoms with Gasteiger partial charge in [-0.2, -0.15) is 5.26 Å². The van der Waals surface area contributed by atoms with Gasteiger partial charge in [-0.15, -0.1) is 0 Å². The minimum atomic E-state index is -0.995. The number of ether oxygens (including phenoxy) is 7. The molecule has 11 atom stereocenters. The van der Waals surface area contributed by atoms with E-state index in [1.165, 1.54) is 21.3 Å². The van der Waals surface area contributed by atoms with Crippen molar-refractivity contribution < 1.29 is 100 Å². The van der Waals surface area contributed by atoms with Crippen molar-refractivity contribution in [3.63, 3.8) is 0 Å². The number of fused-ring (bicyclic) bond motifs is 2. The second-order valence-electron chi connectivity index (χ2n) is 32.9. The average molecular weight is 1650 g/mol. The largest absolute Gasteiger partial charge is 0.496 e. The summed E-state index contributed by atoms with van der Waals surface area (Å²) in [7, 11) is 6.83. The van der Waals surface area contributed by atoms with Gasteiger partial charge >= 0.3 is 30.1 Å². The smallest absolute Gasteiger partial charge is 0.408 e. The SMILES string of the molecule is COC(=O)[C@H](C[C@@H]1CCCNC1=O)NC(=O)OC(C)(C)C.COC(=O)[C@H](C[C@@H]1CCCNC1=O)NC(=O)[C@H](CC(C)C)NC(=O)OC(C)(C)C.COC(=O)[C@H](C[C@@H]1CCCNC1=O)NC(=O)[C@H](CC(C)C)NC(=O)c1cc2c(OC)cccc2[nH]1.COc1cccc2[nH]c(C(=O)N[C@@H](CC(C)C)C(=O)N[C@H](C#N)C[C@@H]3CCCNC3=O)cc12. The molecule has 6 heterocycles. The monoisotopic (exact) mass is 1650 g/mol. The predicted octanol–water partition coefficient (Wildman–Crippen LogP) is 6.61. The molecule has 0 saturated carbocycles. The number of nitrogens with one attached hydrogen (secondary N) is 13. The second kappa shape index (κ2) is 47.3. The Bertz CT molecular complexity index is 4130. The highest BCUT2D eigenvalue weighted by Crippen LogP contribution is 2.29. The Morgan fingerprint density at radius 1 is 0.424 bits per heavy atom. The number of H-pyrrole nitrogens is 2. The van der Waals surface area contributed by atoms with Crippen molar-refractivity contribution in [3.05, 3.63) is 59.9 Å². The molecular weight excluding hydrogens is 1530 g/mol. The average Bonchev–Trinajstić information content (AvgIpc) is 1.67. The summed E-state index contributed by atoms with van der Waals surface area (Å²) in [6.07, 6.45) is 6.43. The standard InChI is InChI=1S/C25H34N4O6.C24H31N5O4.C20H35N3O6.C14H24N2O5/c1-14(2)11-18(28-24(32)19-13-16-17(27-19)8-5-9-21(16)34-3)23(31)29-20(25(33)35-4)12-15-7-6-10-26-22(15)30;1-14(2)10-19(23(31)27-16(13-25)11-15-6-5-9-26-22(15)30)29-24(32)20-12-17-18(28-20)7-4-8-21(17)33-3;1-12(2)10-14(23-19(27)29-20(3,4)5)17(25)22-15(18(26)28-6)11-13-8-7-9-21-16(13)24;1-14(2,3)21-13(19)16-10(12(18)20-4)8-9-6-5-7-15-11(9)17/h5,8-9,13-15,18,20,27H,6-7,10-12H2,1-4H3,(H,26,30)(H,28,32)(H,29,31);4,7-8,12,14-16,19,28H,5-6,9-11H2,1-3H3,(H,26,30)(H,27,31)(H,29,32);12-15H,7-11H2,1-6H3,(H,21,24)(H,22,25)(H,23,27);9-10H,5-8H2,1-4H3,(H,15,17)(H,16,19)/t15-,18-,20-;15-,16-,19-;13-,14-,15-;9-,10-/m0000/s1. The zero-order valence-corrected chi connectivity index (χ0v) is 71.2. The number of aromatic nitrogens is 2. The van der Waals surface area contributed by atoms with Gasteiger partial charge in [-0.1, -0.05) is 53.7 Å². The van der Waals surface area contributed by atoms with Gasteiger partial charge < -0.3 is 102 Å². The van der Waals surface area contributed by atoms with E-state index in [2.05, 4.69) is 79.3 Å². The van der Waals surface area contributed by atoms with Crippen molar-refractivity contribution in [1.29, 1.82) is 5.26 Å². The molecule has 4 saturated heterocycles. The van der Waals surface area contributed by atoms with Crippen LogP contribution in [-0.2, 0) is 71.6 Å². The topological polar surface area (TPSA) is 491 Å². The third kappa shape index (κ3) is 32.4. The highest BCUT2D eigenvalue weighted by atomic mass is 16.6. The first-order chi connectivity index (χ1) is 55.7. The number of esters is 3. The third-order valence-corrected chi connectivity index (χ3v) is 19.5. The zero-order chi connectivity index (χ0) is 87.7. The minimum Gasteiger partial charge on any atom is -0.496 e. The van der Waals surface area contributed by atoms with E-state index in [1.54, 1.807) is 74.0 Å². The Balaban J connectivity index is 0.000000285. The van der Waals surface area contributed by atoms with Crippen LogP contribution in [0.15, 0.2) is 48.5 Å². The van der Waals surface area contributed by atoms with Crippen molar-refractivity contribution in [2.45, 2.75) is 233 Å². The molecule has 2 aromatic carbocycles. The molecule has 8 rings (SSSR count). The maximum Gasteiger partial charge on any atom is 0.408 e. The molecule has 0 aliphatic carbocycles. The molecule has 4 aliphatic rings. The number of nitrogens with zero attached hydrogens (tertiary/aromatic N) is 1. The fraction of sp³-hybridized carbons (Fsp3) is 0.627. The normalized spacial score (nSPS) is 18.4. The van der Waals surface area contributed by atoms with Crippen LogP contribution >= 0.6 is 0 Å². The summed E-state index contributed by atoms with van der Waals surface area (Å²) in [5.74, 6) is -4.41. The Kier molecular flexibility index (Phi) is 39.0. The molecule has 0 radical (unpaired) electrons. The maximum atomic E-state index is 13.2. The summed E-state index contributed by atoms with van der Waals surface area (Å²) in [5, 5.41) is 40.9. The summed E-state index contributed by atoms with van der Waals surface area (Å²) in [6.45, 7) is 24.5. The highest BCUT2D eigenvalue weighted by molar-refractivity contribution is 6.03. The lowest BCUT2D eigenvalue weighted by Gasteiger charge is -2.28. The van der Waals surface area contributed by atoms with Crippen molar-refractivity contribution in [2.75, 3.05) is 61.7 Å². The molecule has 118 heavy (non-hydrogen) atoms. The lowest BCUT2D eigenvalue weighted by atomic mass is 9.91. The Morgan fingerprint density at radius 3 is 1.01 bits per heavy atom. The van der Waals surface area contributed by atoms with Gasteiger partial charge in [-0.3, -0.25) is 43.2 Å². The summed E-state index contributed by atoms with van der Waals surface area (Å²) in [4.78, 5) is 179. The van der Waals surface area contributed by atoms with Crippen LogP contribution in [-0.4, -0.2) is 208 Å². The van der Waals surface area contributed by atoms with Gasteiger partial charge in [0, 0.05) is 71.7 Å². The van der Waals surface area contributed by atoms with Crippen molar-refractivity contribution in [3.8, 4) is 17.6 Å². The quantitative estimate of drug-likeness (QED) is 0.0186. The van der Waals surface area contributed by atoms with Crippen LogP contribution in [0.4, 0.5) is 9.59 Å². The van der Waals surface area contributed by atoms with Crippen LogP contribution in [0.1, 0.15) is 200 Å². The first kappa shape index (κ1) is 97.4. The summed E-state index contributed by atoms with van der Waals surface area (Å²) < 4.78 is 35.4. The number of methoxy groups -OCH3 is 5. The molecule has 4 fully saturated rings. The molecule has 11 amide bonds. The highest BCUT2D eigenvalue weighted by Gasteiger charge is 2.38.